The first-order valence-corrected chi connectivity index (χ1v) is 2.80. The zero-order chi connectivity index (χ0) is 7.23. The van der Waals surface area contributed by atoms with Crippen LogP contribution in [0.2, 0.25) is 0 Å². The van der Waals surface area contributed by atoms with Gasteiger partial charge in [-0.1, -0.05) is 18.2 Å². The maximum atomic E-state index is 7.85. The van der Waals surface area contributed by atoms with E-state index in [2.05, 4.69) is 16.9 Å². The van der Waals surface area contributed by atoms with Gasteiger partial charge in [-0.25, -0.2) is 0 Å². The van der Waals surface area contributed by atoms with Gasteiger partial charge in [-0.2, -0.15) is 5.26 Å². The van der Waals surface area contributed by atoms with E-state index < -0.39 is 0 Å². The molecule has 10 heavy (non-hydrogen) atoms. The molecule has 0 aliphatic carbocycles. The monoisotopic (exact) mass is 134 g/mol. The van der Waals surface area contributed by atoms with Gasteiger partial charge in [0.25, 0.3) is 0 Å². The van der Waals surface area contributed by atoms with E-state index in [1.807, 2.05) is 30.3 Å². The molecule has 2 nitrogen and oxygen atoms in total. The minimum atomic E-state index is 0.816. The molecule has 0 saturated heterocycles. The number of benzene rings is 1. The van der Waals surface area contributed by atoms with Crippen molar-refractivity contribution in [3.05, 3.63) is 35.9 Å². The van der Waals surface area contributed by atoms with E-state index in [0.29, 0.717) is 0 Å². The molecular formula is C8H6O2. The predicted octanol–water partition coefficient (Wildman–Crippen LogP) is 1.49. The smallest absolute Gasteiger partial charge is 0.162 e. The minimum Gasteiger partial charge on any atom is -0.285 e. The van der Waals surface area contributed by atoms with Gasteiger partial charge in [0.15, 0.2) is 6.11 Å². The molecule has 0 saturated carbocycles. The predicted molar refractivity (Wildman–Crippen MR) is 37.0 cm³/mol. The Morgan fingerprint density at radius 1 is 1.20 bits per heavy atom. The Morgan fingerprint density at radius 3 is 2.50 bits per heavy atom. The van der Waals surface area contributed by atoms with E-state index in [1.165, 1.54) is 0 Å². The van der Waals surface area contributed by atoms with Crippen molar-refractivity contribution in [1.29, 1.82) is 0 Å². The third-order valence-corrected chi connectivity index (χ3v) is 1.01. The summed E-state index contributed by atoms with van der Waals surface area (Å²) in [6, 6.07) is 9.27. The molecule has 0 heterocycles. The Morgan fingerprint density at radius 2 is 1.90 bits per heavy atom. The number of hydrogen-bond donors (Lipinski definition) is 1. The van der Waals surface area contributed by atoms with Crippen LogP contribution in [-0.2, 0) is 4.89 Å². The molecule has 1 aromatic rings. The molecule has 0 radical (unpaired) electrons. The van der Waals surface area contributed by atoms with Gasteiger partial charge in [-0.15, -0.1) is 0 Å². The van der Waals surface area contributed by atoms with E-state index in [4.69, 9.17) is 5.26 Å². The van der Waals surface area contributed by atoms with Gasteiger partial charge in [0.1, 0.15) is 0 Å². The van der Waals surface area contributed by atoms with Crippen LogP contribution < -0.4 is 0 Å². The highest BCUT2D eigenvalue weighted by Gasteiger charge is 1.79. The second kappa shape index (κ2) is 3.54. The normalized spacial score (nSPS) is 7.70. The minimum absolute atomic E-state index is 0.816. The summed E-state index contributed by atoms with van der Waals surface area (Å²) in [7, 11) is 0. The first-order valence-electron chi connectivity index (χ1n) is 2.80. The SMILES string of the molecule is OOC#Cc1ccccc1. The first kappa shape index (κ1) is 6.66. The van der Waals surface area contributed by atoms with Crippen molar-refractivity contribution in [3.63, 3.8) is 0 Å². The Labute approximate surface area is 59.0 Å². The standard InChI is InChI=1S/C8H6O2/c9-10-7-6-8-4-2-1-3-5-8/h1-5,9H. The second-order valence-electron chi connectivity index (χ2n) is 1.68. The highest BCUT2D eigenvalue weighted by Crippen LogP contribution is 1.93. The molecule has 2 heteroatoms. The molecule has 1 N–H and O–H groups in total. The molecular weight excluding hydrogens is 128 g/mol. The summed E-state index contributed by atoms with van der Waals surface area (Å²) in [5, 5.41) is 7.85. The molecule has 0 fully saturated rings. The van der Waals surface area contributed by atoms with Crippen molar-refractivity contribution in [2.75, 3.05) is 0 Å². The molecule has 1 rings (SSSR count). The zero-order valence-corrected chi connectivity index (χ0v) is 5.24. The Balaban J connectivity index is 2.76. The maximum absolute atomic E-state index is 7.85. The molecule has 0 amide bonds. The fourth-order valence-corrected chi connectivity index (χ4v) is 0.603. The van der Waals surface area contributed by atoms with Crippen molar-refractivity contribution in [2.24, 2.45) is 0 Å². The second-order valence-corrected chi connectivity index (χ2v) is 1.68. The summed E-state index contributed by atoms with van der Waals surface area (Å²) in [6.07, 6.45) is 2.07. The van der Waals surface area contributed by atoms with Crippen LogP contribution in [0.15, 0.2) is 30.3 Å². The molecule has 0 aromatic heterocycles. The molecule has 0 spiro atoms. The highest BCUT2D eigenvalue weighted by molar-refractivity contribution is 5.32. The van der Waals surface area contributed by atoms with Crippen LogP contribution in [0.4, 0.5) is 0 Å². The summed E-state index contributed by atoms with van der Waals surface area (Å²) in [5.41, 5.74) is 0.816. The molecule has 0 bridgehead atoms. The average molecular weight is 134 g/mol. The maximum Gasteiger partial charge on any atom is 0.162 e. The lowest BCUT2D eigenvalue weighted by Gasteiger charge is -1.83. The zero-order valence-electron chi connectivity index (χ0n) is 5.24. The lowest BCUT2D eigenvalue weighted by Crippen LogP contribution is -1.71. The molecule has 0 aliphatic rings. The van der Waals surface area contributed by atoms with Gasteiger partial charge in [0.05, 0.1) is 0 Å². The molecule has 1 aromatic carbocycles. The van der Waals surface area contributed by atoms with Crippen LogP contribution in [-0.4, -0.2) is 5.26 Å². The summed E-state index contributed by atoms with van der Waals surface area (Å²) < 4.78 is 0. The van der Waals surface area contributed by atoms with Gasteiger partial charge in [-0.3, -0.25) is 4.89 Å². The summed E-state index contributed by atoms with van der Waals surface area (Å²) in [5.74, 6) is 2.57. The molecule has 50 valence electrons. The third-order valence-electron chi connectivity index (χ3n) is 1.01. The largest absolute Gasteiger partial charge is 0.285 e. The van der Waals surface area contributed by atoms with Crippen LogP contribution in [0.3, 0.4) is 0 Å². The third kappa shape index (κ3) is 1.81. The summed E-state index contributed by atoms with van der Waals surface area (Å²) in [4.78, 5) is 3.58. The van der Waals surface area contributed by atoms with Crippen LogP contribution in [0.1, 0.15) is 5.56 Å². The van der Waals surface area contributed by atoms with Gasteiger partial charge in [0.2, 0.25) is 0 Å². The Hall–Kier alpha value is -1.46. The first-order chi connectivity index (χ1) is 4.93. The van der Waals surface area contributed by atoms with Crippen molar-refractivity contribution in [3.8, 4) is 12.0 Å². The van der Waals surface area contributed by atoms with Gasteiger partial charge < -0.3 is 0 Å². The van der Waals surface area contributed by atoms with Crippen molar-refractivity contribution in [1.82, 2.24) is 0 Å². The van der Waals surface area contributed by atoms with E-state index >= 15 is 0 Å². The summed E-state index contributed by atoms with van der Waals surface area (Å²) >= 11 is 0. The van der Waals surface area contributed by atoms with E-state index in [-0.39, 0.29) is 0 Å². The van der Waals surface area contributed by atoms with Crippen LogP contribution >= 0.6 is 0 Å². The van der Waals surface area contributed by atoms with Gasteiger partial charge >= 0.3 is 0 Å². The molecule has 0 atom stereocenters. The summed E-state index contributed by atoms with van der Waals surface area (Å²) in [6.45, 7) is 0. The van der Waals surface area contributed by atoms with Crippen LogP contribution in [0, 0.1) is 12.0 Å². The fourth-order valence-electron chi connectivity index (χ4n) is 0.603. The lowest BCUT2D eigenvalue weighted by molar-refractivity contribution is -0.171. The number of rotatable bonds is 0. The van der Waals surface area contributed by atoms with Crippen LogP contribution in [0.25, 0.3) is 0 Å². The van der Waals surface area contributed by atoms with E-state index in [9.17, 15) is 0 Å². The van der Waals surface area contributed by atoms with Gasteiger partial charge in [0, 0.05) is 5.56 Å². The molecule has 0 aliphatic heterocycles. The fraction of sp³-hybridized carbons (Fsp3) is 0. The van der Waals surface area contributed by atoms with Gasteiger partial charge in [-0.05, 0) is 18.1 Å². The Kier molecular flexibility index (Phi) is 2.36. The Bertz CT molecular complexity index is 243. The average Bonchev–Trinajstić information content (AvgIpc) is 2.03. The molecule has 0 unspecified atom stereocenters. The van der Waals surface area contributed by atoms with Crippen molar-refractivity contribution >= 4 is 0 Å². The highest BCUT2D eigenvalue weighted by atomic mass is 17.1. The number of hydrogen-bond acceptors (Lipinski definition) is 2. The van der Waals surface area contributed by atoms with E-state index in [1.54, 1.807) is 0 Å². The van der Waals surface area contributed by atoms with Crippen molar-refractivity contribution < 1.29 is 10.1 Å². The lowest BCUT2D eigenvalue weighted by atomic mass is 10.2. The van der Waals surface area contributed by atoms with Crippen molar-refractivity contribution in [2.45, 2.75) is 0 Å². The van der Waals surface area contributed by atoms with Crippen LogP contribution in [0.5, 0.6) is 0 Å². The van der Waals surface area contributed by atoms with E-state index in [0.717, 1.165) is 5.56 Å². The quantitative estimate of drug-likeness (QED) is 0.331. The topological polar surface area (TPSA) is 29.5 Å².